The van der Waals surface area contributed by atoms with Crippen LogP contribution in [0.5, 0.6) is 0 Å². The van der Waals surface area contributed by atoms with Crippen molar-refractivity contribution < 1.29 is 42.2 Å². The number of piperazine rings is 1. The molecule has 49 heavy (non-hydrogen) atoms. The molecule has 11 nitrogen and oxygen atoms in total. The van der Waals surface area contributed by atoms with E-state index < -0.39 is 65.5 Å². The minimum atomic E-state index is -4.79. The average molecular weight is 696 g/mol. The fourth-order valence-electron chi connectivity index (χ4n) is 7.78. The summed E-state index contributed by atoms with van der Waals surface area (Å²) in [5.41, 5.74) is -0.760. The molecule has 3 fully saturated rings. The van der Waals surface area contributed by atoms with Crippen molar-refractivity contribution in [2.24, 2.45) is 17.3 Å². The zero-order valence-electron chi connectivity index (χ0n) is 29.1. The molecule has 2 unspecified atom stereocenters. The predicted octanol–water partition coefficient (Wildman–Crippen LogP) is 4.48. The predicted molar refractivity (Wildman–Crippen MR) is 176 cm³/mol. The smallest absolute Gasteiger partial charge is 0.412 e. The molecule has 1 aromatic carbocycles. The highest BCUT2D eigenvalue weighted by atomic mass is 19.4. The van der Waals surface area contributed by atoms with Gasteiger partial charge in [-0.15, -0.1) is 0 Å². The molecule has 2 heterocycles. The average Bonchev–Trinajstić information content (AvgIpc) is 3.44. The summed E-state index contributed by atoms with van der Waals surface area (Å²) >= 11 is 0. The molecule has 4 N–H and O–H groups in total. The molecule has 0 spiro atoms. The fraction of sp³-hybridized carbons (Fsp3) is 0.714. The molecule has 4 amide bonds. The van der Waals surface area contributed by atoms with Crippen molar-refractivity contribution in [3.8, 4) is 0 Å². The molecule has 7 atom stereocenters. The number of benzene rings is 1. The third-order valence-corrected chi connectivity index (χ3v) is 10.2. The molecule has 14 heteroatoms. The first-order valence-corrected chi connectivity index (χ1v) is 17.4. The van der Waals surface area contributed by atoms with E-state index in [1.54, 1.807) is 13.0 Å². The van der Waals surface area contributed by atoms with Gasteiger partial charge in [0, 0.05) is 38.3 Å². The van der Waals surface area contributed by atoms with E-state index in [0.717, 1.165) is 19.3 Å². The quantitative estimate of drug-likeness (QED) is 0.268. The standard InChI is InChI=1S/C35H52F3N5O6/c1-6-49-25-17-24-18-43(26(20-42(24)19-25)31(45)40-29(35(36,37)38)23-15-11-8-12-16-23)32(46)27(22-13-9-7-10-14-22)39-30(44)21(2)28(34(3,4)5)41-33(47)48/h8,11-12,15-16,21-22,24-29,41H,6-7,9-10,13-14,17-20H2,1-5H3,(H,39,44)(H,40,45)(H,47,48)/t21-,24+,25+,26-,27-,28?,29?/m0/s1. The minimum Gasteiger partial charge on any atom is -0.465 e. The third-order valence-electron chi connectivity index (χ3n) is 10.2. The zero-order chi connectivity index (χ0) is 36.1. The van der Waals surface area contributed by atoms with Gasteiger partial charge in [0.05, 0.1) is 12.0 Å². The number of fused-ring (bicyclic) bond motifs is 1. The summed E-state index contributed by atoms with van der Waals surface area (Å²) in [6.45, 7) is 9.97. The maximum atomic E-state index is 14.7. The van der Waals surface area contributed by atoms with Gasteiger partial charge in [-0.3, -0.25) is 19.3 Å². The summed E-state index contributed by atoms with van der Waals surface area (Å²) in [5.74, 6) is -3.08. The molecular weight excluding hydrogens is 643 g/mol. The van der Waals surface area contributed by atoms with Gasteiger partial charge < -0.3 is 30.7 Å². The number of halogens is 3. The Labute approximate surface area is 286 Å². The van der Waals surface area contributed by atoms with E-state index in [9.17, 15) is 37.5 Å². The van der Waals surface area contributed by atoms with E-state index in [4.69, 9.17) is 4.74 Å². The number of amides is 4. The summed E-state index contributed by atoms with van der Waals surface area (Å²) in [4.78, 5) is 57.5. The van der Waals surface area contributed by atoms with Crippen LogP contribution >= 0.6 is 0 Å². The van der Waals surface area contributed by atoms with Crippen molar-refractivity contribution in [1.82, 2.24) is 25.8 Å². The number of carbonyl (C=O) groups excluding carboxylic acids is 3. The van der Waals surface area contributed by atoms with Crippen LogP contribution in [0.4, 0.5) is 18.0 Å². The van der Waals surface area contributed by atoms with Crippen molar-refractivity contribution in [2.45, 2.75) is 116 Å². The molecule has 4 rings (SSSR count). The van der Waals surface area contributed by atoms with Crippen LogP contribution in [0.3, 0.4) is 0 Å². The molecule has 0 radical (unpaired) electrons. The minimum absolute atomic E-state index is 0.0154. The molecule has 2 saturated heterocycles. The van der Waals surface area contributed by atoms with Crippen LogP contribution in [0.15, 0.2) is 30.3 Å². The van der Waals surface area contributed by atoms with Gasteiger partial charge in [0.1, 0.15) is 12.1 Å². The lowest BCUT2D eigenvalue weighted by Crippen LogP contribution is -2.67. The lowest BCUT2D eigenvalue weighted by Gasteiger charge is -2.45. The van der Waals surface area contributed by atoms with Crippen LogP contribution < -0.4 is 16.0 Å². The Kier molecular flexibility index (Phi) is 12.6. The number of hydrogen-bond donors (Lipinski definition) is 4. The van der Waals surface area contributed by atoms with Crippen LogP contribution in [0.2, 0.25) is 0 Å². The number of hydrogen-bond acceptors (Lipinski definition) is 6. The molecule has 3 aliphatic rings. The highest BCUT2D eigenvalue weighted by molar-refractivity contribution is 5.93. The first-order chi connectivity index (χ1) is 23.0. The highest BCUT2D eigenvalue weighted by Gasteiger charge is 2.50. The normalized spacial score (nSPS) is 24.7. The van der Waals surface area contributed by atoms with Gasteiger partial charge in [-0.05, 0) is 43.1 Å². The molecule has 1 aromatic rings. The maximum Gasteiger partial charge on any atom is 0.412 e. The second-order valence-electron chi connectivity index (χ2n) is 14.8. The Bertz CT molecular complexity index is 1300. The van der Waals surface area contributed by atoms with E-state index in [1.807, 2.05) is 32.6 Å². The second kappa shape index (κ2) is 16.1. The monoisotopic (exact) mass is 695 g/mol. The largest absolute Gasteiger partial charge is 0.465 e. The fourth-order valence-corrected chi connectivity index (χ4v) is 7.78. The van der Waals surface area contributed by atoms with Crippen molar-refractivity contribution >= 4 is 23.8 Å². The van der Waals surface area contributed by atoms with Gasteiger partial charge in [0.2, 0.25) is 17.7 Å². The second-order valence-corrected chi connectivity index (χ2v) is 14.8. The molecule has 0 aromatic heterocycles. The van der Waals surface area contributed by atoms with E-state index >= 15 is 0 Å². The van der Waals surface area contributed by atoms with Gasteiger partial charge in [0.25, 0.3) is 0 Å². The molecule has 1 saturated carbocycles. The lowest BCUT2D eigenvalue weighted by atomic mass is 9.78. The summed E-state index contributed by atoms with van der Waals surface area (Å²) < 4.78 is 48.9. The Morgan fingerprint density at radius 3 is 2.18 bits per heavy atom. The third kappa shape index (κ3) is 9.65. The Hall–Kier alpha value is -3.39. The van der Waals surface area contributed by atoms with Crippen LogP contribution in [-0.4, -0.2) is 101 Å². The van der Waals surface area contributed by atoms with Crippen molar-refractivity contribution in [3.63, 3.8) is 0 Å². The van der Waals surface area contributed by atoms with Gasteiger partial charge in [-0.25, -0.2) is 4.79 Å². The van der Waals surface area contributed by atoms with Crippen molar-refractivity contribution in [3.05, 3.63) is 35.9 Å². The number of alkyl halides is 3. The van der Waals surface area contributed by atoms with Crippen molar-refractivity contribution in [1.29, 1.82) is 0 Å². The Balaban J connectivity index is 1.66. The first-order valence-electron chi connectivity index (χ1n) is 17.4. The summed E-state index contributed by atoms with van der Waals surface area (Å²) in [6.07, 6.45) is -1.67. The number of carbonyl (C=O) groups is 4. The Morgan fingerprint density at radius 2 is 1.61 bits per heavy atom. The number of ether oxygens (including phenoxy) is 1. The zero-order valence-corrected chi connectivity index (χ0v) is 29.1. The Morgan fingerprint density at radius 1 is 0.959 bits per heavy atom. The molecule has 2 aliphatic heterocycles. The van der Waals surface area contributed by atoms with Crippen molar-refractivity contribution in [2.75, 3.05) is 26.2 Å². The molecule has 274 valence electrons. The molecule has 0 bridgehead atoms. The number of carboxylic acid groups (broad SMARTS) is 1. The highest BCUT2D eigenvalue weighted by Crippen LogP contribution is 2.35. The molecular formula is C35H52F3N5O6. The topological polar surface area (TPSA) is 140 Å². The van der Waals surface area contributed by atoms with Crippen LogP contribution in [-0.2, 0) is 19.1 Å². The SMILES string of the molecule is CCO[C@@H]1C[C@@H]2CN(C(=O)[C@@H](NC(=O)[C@@H](C)C(NC(=O)O)C(C)(C)C)C3CCCCC3)[C@H](C(=O)NC(c3ccccc3)C(F)(F)F)CN2C1. The number of nitrogens with one attached hydrogen (secondary N) is 3. The summed E-state index contributed by atoms with van der Waals surface area (Å²) in [6, 6.07) is 1.58. The van der Waals surface area contributed by atoms with E-state index in [2.05, 4.69) is 16.0 Å². The van der Waals surface area contributed by atoms with Crippen LogP contribution in [0.25, 0.3) is 0 Å². The van der Waals surface area contributed by atoms with Crippen LogP contribution in [0.1, 0.15) is 84.7 Å². The van der Waals surface area contributed by atoms with Gasteiger partial charge >= 0.3 is 12.3 Å². The molecule has 1 aliphatic carbocycles. The lowest BCUT2D eigenvalue weighted by molar-refractivity contribution is -0.167. The summed E-state index contributed by atoms with van der Waals surface area (Å²) in [5, 5.41) is 17.1. The van der Waals surface area contributed by atoms with E-state index in [0.29, 0.717) is 32.4 Å². The van der Waals surface area contributed by atoms with E-state index in [-0.39, 0.29) is 36.7 Å². The summed E-state index contributed by atoms with van der Waals surface area (Å²) in [7, 11) is 0. The van der Waals surface area contributed by atoms with Gasteiger partial charge in [0.15, 0.2) is 6.04 Å². The number of rotatable bonds is 11. The van der Waals surface area contributed by atoms with Crippen LogP contribution in [0, 0.1) is 17.3 Å². The first kappa shape index (κ1) is 38.4. The number of nitrogens with zero attached hydrogens (tertiary/aromatic N) is 2. The van der Waals surface area contributed by atoms with Gasteiger partial charge in [-0.1, -0.05) is 77.3 Å². The maximum absolute atomic E-state index is 14.7. The van der Waals surface area contributed by atoms with Gasteiger partial charge in [-0.2, -0.15) is 13.2 Å². The van der Waals surface area contributed by atoms with E-state index in [1.165, 1.54) is 29.2 Å².